The van der Waals surface area contributed by atoms with Crippen LogP contribution in [0.25, 0.3) is 0 Å². The van der Waals surface area contributed by atoms with Crippen molar-refractivity contribution in [2.75, 3.05) is 43.8 Å². The highest BCUT2D eigenvalue weighted by atomic mass is 35.5. The van der Waals surface area contributed by atoms with Gasteiger partial charge in [-0.2, -0.15) is 0 Å². The molecule has 2 unspecified atom stereocenters. The maximum absolute atomic E-state index is 13.3. The fourth-order valence-electron chi connectivity index (χ4n) is 3.82. The Labute approximate surface area is 212 Å². The molecule has 0 aliphatic carbocycles. The summed E-state index contributed by atoms with van der Waals surface area (Å²) in [7, 11) is -2.12. The lowest BCUT2D eigenvalue weighted by Crippen LogP contribution is -2.45. The molecule has 1 heterocycles. The van der Waals surface area contributed by atoms with Crippen LogP contribution in [-0.2, 0) is 14.8 Å². The van der Waals surface area contributed by atoms with Gasteiger partial charge >= 0.3 is 0 Å². The van der Waals surface area contributed by atoms with Crippen LogP contribution in [0.15, 0.2) is 48.5 Å². The van der Waals surface area contributed by atoms with Crippen LogP contribution in [0.3, 0.4) is 0 Å². The molecule has 1 saturated heterocycles. The summed E-state index contributed by atoms with van der Waals surface area (Å²) in [6.45, 7) is 5.41. The molecule has 1 aliphatic heterocycles. The molecule has 188 valence electrons. The van der Waals surface area contributed by atoms with Gasteiger partial charge in [0.15, 0.2) is 0 Å². The first-order valence-electron chi connectivity index (χ1n) is 11.2. The lowest BCUT2D eigenvalue weighted by molar-refractivity contribution is -0.130. The molecule has 3 rings (SSSR count). The van der Waals surface area contributed by atoms with E-state index >= 15 is 0 Å². The number of rotatable bonds is 8. The van der Waals surface area contributed by atoms with Gasteiger partial charge in [0.05, 0.1) is 29.1 Å². The molecule has 0 saturated carbocycles. The number of benzene rings is 2. The van der Waals surface area contributed by atoms with Gasteiger partial charge in [-0.1, -0.05) is 67.4 Å². The number of likely N-dealkylation sites (N-methyl/N-ethyl adjacent to an activating group) is 1. The molecule has 7 nitrogen and oxygen atoms in total. The van der Waals surface area contributed by atoms with E-state index in [4.69, 9.17) is 23.2 Å². The Hall–Kier alpha value is -1.84. The highest BCUT2D eigenvalue weighted by Crippen LogP contribution is 2.31. The third-order valence-corrected chi connectivity index (χ3v) is 7.25. The largest absolute Gasteiger partial charge is 0.392 e. The van der Waals surface area contributed by atoms with Crippen LogP contribution in [0.5, 0.6) is 0 Å². The minimum Gasteiger partial charge on any atom is -0.392 e. The number of hydrogen-bond acceptors (Lipinski definition) is 5. The van der Waals surface area contributed by atoms with Crippen molar-refractivity contribution in [1.29, 1.82) is 0 Å². The molecule has 1 amide bonds. The third kappa shape index (κ3) is 7.58. The first-order valence-corrected chi connectivity index (χ1v) is 13.8. The lowest BCUT2D eigenvalue weighted by atomic mass is 10.0. The Morgan fingerprint density at radius 2 is 1.82 bits per heavy atom. The molecule has 1 fully saturated rings. The smallest absolute Gasteiger partial charge is 0.243 e. The van der Waals surface area contributed by atoms with Crippen molar-refractivity contribution in [3.63, 3.8) is 0 Å². The van der Waals surface area contributed by atoms with E-state index in [1.54, 1.807) is 11.9 Å². The van der Waals surface area contributed by atoms with Crippen molar-refractivity contribution in [3.8, 4) is 0 Å². The van der Waals surface area contributed by atoms with Crippen LogP contribution in [0.4, 0.5) is 5.69 Å². The molecule has 1 N–H and O–H groups in total. The maximum Gasteiger partial charge on any atom is 0.243 e. The lowest BCUT2D eigenvalue weighted by Gasteiger charge is -2.33. The van der Waals surface area contributed by atoms with Gasteiger partial charge in [0.2, 0.25) is 15.9 Å². The molecule has 34 heavy (non-hydrogen) atoms. The van der Waals surface area contributed by atoms with E-state index in [2.05, 4.69) is 4.90 Å². The maximum atomic E-state index is 13.3. The monoisotopic (exact) mass is 529 g/mol. The van der Waals surface area contributed by atoms with Gasteiger partial charge in [-0.3, -0.25) is 14.0 Å². The molecule has 0 bridgehead atoms. The highest BCUT2D eigenvalue weighted by Gasteiger charge is 2.31. The average Bonchev–Trinajstić information content (AvgIpc) is 3.21. The van der Waals surface area contributed by atoms with Crippen LogP contribution in [0, 0.1) is 0 Å². The van der Waals surface area contributed by atoms with Gasteiger partial charge in [0.25, 0.3) is 0 Å². The van der Waals surface area contributed by atoms with Gasteiger partial charge in [-0.05, 0) is 30.2 Å². The van der Waals surface area contributed by atoms with E-state index < -0.39 is 16.6 Å². The fraction of sp³-hybridized carbons (Fsp3) is 0.458. The van der Waals surface area contributed by atoms with E-state index in [0.717, 1.165) is 22.7 Å². The number of carbonyl (C=O) groups is 1. The first kappa shape index (κ1) is 28.4. The first-order chi connectivity index (χ1) is 16.1. The summed E-state index contributed by atoms with van der Waals surface area (Å²) in [4.78, 5) is 17.0. The van der Waals surface area contributed by atoms with Gasteiger partial charge in [-0.15, -0.1) is 0 Å². The van der Waals surface area contributed by atoms with E-state index in [9.17, 15) is 18.3 Å². The summed E-state index contributed by atoms with van der Waals surface area (Å²) >= 11 is 12.2. The number of aliphatic hydroxyl groups excluding tert-OH is 1. The predicted molar refractivity (Wildman–Crippen MR) is 139 cm³/mol. The topological polar surface area (TPSA) is 81.2 Å². The second-order valence-corrected chi connectivity index (χ2v) is 10.7. The number of halogens is 2. The SMILES string of the molecule is CC.CN(C(=O)CN(c1ccc(Cl)cc1Cl)S(C)(=O)=O)C(CN1CCC(O)C1)c1ccccc1. The zero-order valence-corrected chi connectivity index (χ0v) is 22.3. The Balaban J connectivity index is 0.00000199. The van der Waals surface area contributed by atoms with E-state index in [1.165, 1.54) is 18.2 Å². The predicted octanol–water partition coefficient (Wildman–Crippen LogP) is 4.05. The standard InChI is InChI=1S/C22H27Cl2N3O4S.C2H6/c1-25(21(16-6-4-3-5-7-16)14-26-11-10-18(28)13-26)22(29)15-27(32(2,30)31)20-9-8-17(23)12-19(20)24;1-2/h3-9,12,18,21,28H,10-11,13-15H2,1-2H3;1-2H3. The van der Waals surface area contributed by atoms with Gasteiger partial charge in [0.1, 0.15) is 6.54 Å². The molecule has 10 heteroatoms. The average molecular weight is 531 g/mol. The van der Waals surface area contributed by atoms with Gasteiger partial charge in [0, 0.05) is 31.7 Å². The number of hydrogen-bond donors (Lipinski definition) is 1. The van der Waals surface area contributed by atoms with E-state index in [1.807, 2.05) is 44.2 Å². The minimum absolute atomic E-state index is 0.143. The quantitative estimate of drug-likeness (QED) is 0.557. The van der Waals surface area contributed by atoms with Crippen molar-refractivity contribution in [1.82, 2.24) is 9.80 Å². The molecule has 2 aromatic carbocycles. The number of carbonyl (C=O) groups excluding carboxylic acids is 1. The summed E-state index contributed by atoms with van der Waals surface area (Å²) in [6, 6.07) is 13.7. The minimum atomic E-state index is -3.79. The van der Waals surface area contributed by atoms with Crippen molar-refractivity contribution in [3.05, 3.63) is 64.1 Å². The highest BCUT2D eigenvalue weighted by molar-refractivity contribution is 7.92. The number of amides is 1. The molecular formula is C24H33Cl2N3O4S. The van der Waals surface area contributed by atoms with Crippen LogP contribution >= 0.6 is 23.2 Å². The van der Waals surface area contributed by atoms with E-state index in [-0.39, 0.29) is 28.8 Å². The van der Waals surface area contributed by atoms with Gasteiger partial charge in [-0.25, -0.2) is 8.42 Å². The third-order valence-electron chi connectivity index (χ3n) is 5.58. The molecule has 0 radical (unpaired) electrons. The number of β-amino-alcohol motifs (C(OH)–C–C–N with tert-alkyl or cyclic N) is 1. The summed E-state index contributed by atoms with van der Waals surface area (Å²) < 4.78 is 26.0. The van der Waals surface area contributed by atoms with Crippen molar-refractivity contribution < 1.29 is 18.3 Å². The summed E-state index contributed by atoms with van der Waals surface area (Å²) in [5.74, 6) is -0.380. The van der Waals surface area contributed by atoms with Crippen molar-refractivity contribution in [2.24, 2.45) is 0 Å². The normalized spacial score (nSPS) is 17.0. The van der Waals surface area contributed by atoms with Crippen LogP contribution in [0.2, 0.25) is 10.0 Å². The molecular weight excluding hydrogens is 497 g/mol. The van der Waals surface area contributed by atoms with Gasteiger partial charge < -0.3 is 10.0 Å². The second-order valence-electron chi connectivity index (χ2n) is 8.00. The Morgan fingerprint density at radius 1 is 1.18 bits per heavy atom. The van der Waals surface area contributed by atoms with Crippen molar-refractivity contribution in [2.45, 2.75) is 32.4 Å². The Bertz CT molecular complexity index is 1050. The Morgan fingerprint density at radius 3 is 2.35 bits per heavy atom. The molecule has 1 aliphatic rings. The summed E-state index contributed by atoms with van der Waals surface area (Å²) in [5.41, 5.74) is 1.12. The van der Waals surface area contributed by atoms with Crippen LogP contribution < -0.4 is 4.31 Å². The van der Waals surface area contributed by atoms with Crippen LogP contribution in [0.1, 0.15) is 31.9 Å². The molecule has 0 spiro atoms. The van der Waals surface area contributed by atoms with E-state index in [0.29, 0.717) is 24.5 Å². The van der Waals surface area contributed by atoms with Crippen molar-refractivity contribution >= 4 is 44.8 Å². The number of sulfonamides is 1. The number of likely N-dealkylation sites (tertiary alicyclic amines) is 1. The molecule has 0 aromatic heterocycles. The number of aliphatic hydroxyl groups is 1. The molecule has 2 atom stereocenters. The zero-order valence-electron chi connectivity index (χ0n) is 20.0. The fourth-order valence-corrected chi connectivity index (χ4v) is 5.24. The second kappa shape index (κ2) is 12.7. The van der Waals surface area contributed by atoms with Crippen LogP contribution in [-0.4, -0.2) is 74.8 Å². The zero-order chi connectivity index (χ0) is 25.5. The number of nitrogens with zero attached hydrogens (tertiary/aromatic N) is 3. The Kier molecular flexibility index (Phi) is 10.6. The summed E-state index contributed by atoms with van der Waals surface area (Å²) in [5, 5.41) is 10.4. The number of anilines is 1. The summed E-state index contributed by atoms with van der Waals surface area (Å²) in [6.07, 6.45) is 1.35. The molecule has 2 aromatic rings.